The van der Waals surface area contributed by atoms with Crippen molar-refractivity contribution in [3.63, 3.8) is 0 Å². The van der Waals surface area contributed by atoms with Crippen LogP contribution in [0, 0.1) is 0 Å². The van der Waals surface area contributed by atoms with E-state index in [4.69, 9.17) is 25.7 Å². The first kappa shape index (κ1) is 23.9. The van der Waals surface area contributed by atoms with Gasteiger partial charge in [0, 0.05) is 6.54 Å². The zero-order valence-electron chi connectivity index (χ0n) is 13.6. The van der Waals surface area contributed by atoms with Crippen molar-refractivity contribution in [2.24, 2.45) is 16.5 Å². The van der Waals surface area contributed by atoms with Crippen LogP contribution in [-0.2, 0) is 4.74 Å². The van der Waals surface area contributed by atoms with Crippen LogP contribution in [0.1, 0.15) is 23.2 Å². The Morgan fingerprint density at radius 2 is 1.71 bits per heavy atom. The van der Waals surface area contributed by atoms with E-state index < -0.39 is 5.97 Å². The number of hydrogen-bond donors (Lipinski definition) is 3. The van der Waals surface area contributed by atoms with E-state index in [-0.39, 0.29) is 53.3 Å². The zero-order valence-corrected chi connectivity index (χ0v) is 14.4. The lowest BCUT2D eigenvalue weighted by Gasteiger charge is -2.11. The molecule has 10 heteroatoms. The van der Waals surface area contributed by atoms with Crippen molar-refractivity contribution in [3.05, 3.63) is 17.7 Å². The second-order valence-corrected chi connectivity index (χ2v) is 4.38. The highest BCUT2D eigenvalue weighted by atomic mass is 35.5. The normalized spacial score (nSPS) is 9.08. The van der Waals surface area contributed by atoms with Crippen LogP contribution in [0.15, 0.2) is 17.1 Å². The number of benzene rings is 1. The van der Waals surface area contributed by atoms with E-state index >= 15 is 0 Å². The lowest BCUT2D eigenvalue weighted by atomic mass is 10.2. The van der Waals surface area contributed by atoms with Crippen LogP contribution in [0.25, 0.3) is 0 Å². The maximum atomic E-state index is 12.0. The molecule has 7 N–H and O–H groups in total. The lowest BCUT2D eigenvalue weighted by Crippen LogP contribution is -2.23. The van der Waals surface area contributed by atoms with Crippen molar-refractivity contribution >= 4 is 24.3 Å². The largest absolute Gasteiger partial charge is 0.502 e. The highest BCUT2D eigenvalue weighted by molar-refractivity contribution is 5.91. The van der Waals surface area contributed by atoms with Gasteiger partial charge in [-0.25, -0.2) is 4.79 Å². The Balaban J connectivity index is 0. The van der Waals surface area contributed by atoms with E-state index in [9.17, 15) is 9.90 Å². The molecule has 0 amide bonds. The van der Waals surface area contributed by atoms with Crippen LogP contribution >= 0.6 is 12.4 Å². The van der Waals surface area contributed by atoms with Crippen molar-refractivity contribution in [2.75, 3.05) is 27.4 Å². The first-order chi connectivity index (χ1) is 10.5. The molecule has 0 atom stereocenters. The summed E-state index contributed by atoms with van der Waals surface area (Å²) in [6, 6.07) is 2.78. The number of halogens is 1. The van der Waals surface area contributed by atoms with Gasteiger partial charge in [0.25, 0.3) is 0 Å². The molecule has 138 valence electrons. The second-order valence-electron chi connectivity index (χ2n) is 4.38. The van der Waals surface area contributed by atoms with Gasteiger partial charge in [-0.15, -0.1) is 12.4 Å². The van der Waals surface area contributed by atoms with Gasteiger partial charge in [0.05, 0.1) is 26.4 Å². The smallest absolute Gasteiger partial charge is 0.338 e. The van der Waals surface area contributed by atoms with Crippen LogP contribution in [0.2, 0.25) is 0 Å². The van der Waals surface area contributed by atoms with Gasteiger partial charge in [0.15, 0.2) is 17.5 Å². The van der Waals surface area contributed by atoms with Crippen LogP contribution in [-0.4, -0.2) is 49.9 Å². The van der Waals surface area contributed by atoms with Crippen LogP contribution in [0.5, 0.6) is 17.2 Å². The standard InChI is InChI=1S/C14H21N3O5.ClH.H2O/c1-20-10-7-9(8-11(21-2)12(10)18)13(19)22-6-4-3-5-17-14(15)16;;/h7-8,18H,3-6H2,1-2H3,(H4,15,16,17);1H;1H2. The van der Waals surface area contributed by atoms with Gasteiger partial charge in [-0.2, -0.15) is 0 Å². The molecule has 1 aromatic carbocycles. The Morgan fingerprint density at radius 3 is 2.17 bits per heavy atom. The van der Waals surface area contributed by atoms with Crippen molar-refractivity contribution in [3.8, 4) is 17.2 Å². The van der Waals surface area contributed by atoms with Crippen LogP contribution in [0.4, 0.5) is 0 Å². The molecule has 0 aliphatic heterocycles. The molecule has 1 aromatic rings. The van der Waals surface area contributed by atoms with Crippen molar-refractivity contribution in [1.82, 2.24) is 0 Å². The fourth-order valence-corrected chi connectivity index (χ4v) is 1.68. The summed E-state index contributed by atoms with van der Waals surface area (Å²) in [6.07, 6.45) is 1.34. The van der Waals surface area contributed by atoms with Crippen LogP contribution < -0.4 is 20.9 Å². The summed E-state index contributed by atoms with van der Waals surface area (Å²) in [5.74, 6) is -0.379. The number of carbonyl (C=O) groups is 1. The summed E-state index contributed by atoms with van der Waals surface area (Å²) in [5.41, 5.74) is 10.6. The first-order valence-corrected chi connectivity index (χ1v) is 6.67. The zero-order chi connectivity index (χ0) is 16.5. The highest BCUT2D eigenvalue weighted by Gasteiger charge is 2.16. The highest BCUT2D eigenvalue weighted by Crippen LogP contribution is 2.37. The number of ether oxygens (including phenoxy) is 3. The van der Waals surface area contributed by atoms with Crippen molar-refractivity contribution in [1.29, 1.82) is 0 Å². The number of carbonyl (C=O) groups excluding carboxylic acids is 1. The quantitative estimate of drug-likeness (QED) is 0.257. The minimum absolute atomic E-state index is 0. The predicted molar refractivity (Wildman–Crippen MR) is 92.3 cm³/mol. The van der Waals surface area contributed by atoms with Crippen molar-refractivity contribution < 1.29 is 29.6 Å². The topological polar surface area (TPSA) is 161 Å². The van der Waals surface area contributed by atoms with Gasteiger partial charge in [0.2, 0.25) is 5.75 Å². The predicted octanol–water partition coefficient (Wildman–Crippen LogP) is 0.217. The van der Waals surface area contributed by atoms with E-state index in [2.05, 4.69) is 4.99 Å². The molecule has 0 aromatic heterocycles. The van der Waals surface area contributed by atoms with Gasteiger partial charge in [-0.3, -0.25) is 4.99 Å². The van der Waals surface area contributed by atoms with Gasteiger partial charge < -0.3 is 36.3 Å². The molecular formula is C14H24ClN3O6. The first-order valence-electron chi connectivity index (χ1n) is 6.67. The monoisotopic (exact) mass is 365 g/mol. The third kappa shape index (κ3) is 7.25. The van der Waals surface area contributed by atoms with Gasteiger partial charge >= 0.3 is 5.97 Å². The summed E-state index contributed by atoms with van der Waals surface area (Å²) < 4.78 is 15.1. The molecule has 0 radical (unpaired) electrons. The van der Waals surface area contributed by atoms with Gasteiger partial charge in [-0.1, -0.05) is 0 Å². The maximum absolute atomic E-state index is 12.0. The second kappa shape index (κ2) is 12.1. The fourth-order valence-electron chi connectivity index (χ4n) is 1.68. The molecule has 0 spiro atoms. The number of nitrogens with zero attached hydrogens (tertiary/aromatic N) is 1. The fraction of sp³-hybridized carbons (Fsp3) is 0.429. The minimum atomic E-state index is -0.529. The third-order valence-corrected chi connectivity index (χ3v) is 2.80. The van der Waals surface area contributed by atoms with E-state index in [1.165, 1.54) is 26.4 Å². The molecule has 24 heavy (non-hydrogen) atoms. The van der Waals surface area contributed by atoms with Gasteiger partial charge in [-0.05, 0) is 25.0 Å². The van der Waals surface area contributed by atoms with Crippen molar-refractivity contribution in [2.45, 2.75) is 12.8 Å². The molecule has 0 saturated carbocycles. The Kier molecular flexibility index (Phi) is 12.0. The number of esters is 1. The third-order valence-electron chi connectivity index (χ3n) is 2.80. The number of methoxy groups -OCH3 is 2. The van der Waals surface area contributed by atoms with E-state index in [0.717, 1.165) is 0 Å². The maximum Gasteiger partial charge on any atom is 0.338 e. The molecule has 0 heterocycles. The Bertz CT molecular complexity index is 524. The number of hydrogen-bond acceptors (Lipinski definition) is 6. The number of unbranched alkanes of at least 4 members (excludes halogenated alkanes) is 1. The molecule has 0 aliphatic carbocycles. The Labute approximate surface area is 146 Å². The number of aliphatic imine (C=N–C) groups is 1. The van der Waals surface area contributed by atoms with Gasteiger partial charge in [0.1, 0.15) is 0 Å². The molecular weight excluding hydrogens is 342 g/mol. The summed E-state index contributed by atoms with van der Waals surface area (Å²) in [5, 5.41) is 9.78. The number of rotatable bonds is 8. The molecule has 1 rings (SSSR count). The Morgan fingerprint density at radius 1 is 1.17 bits per heavy atom. The lowest BCUT2D eigenvalue weighted by molar-refractivity contribution is 0.0498. The molecule has 9 nitrogen and oxygen atoms in total. The average molecular weight is 366 g/mol. The van der Waals surface area contributed by atoms with E-state index in [0.29, 0.717) is 19.4 Å². The summed E-state index contributed by atoms with van der Waals surface area (Å²) in [6.45, 7) is 0.727. The minimum Gasteiger partial charge on any atom is -0.502 e. The summed E-state index contributed by atoms with van der Waals surface area (Å²) >= 11 is 0. The number of nitrogens with two attached hydrogens (primary N) is 2. The molecule has 0 aliphatic rings. The number of aromatic hydroxyl groups is 1. The molecule has 0 saturated heterocycles. The molecule has 0 fully saturated rings. The number of phenolic OH excluding ortho intramolecular Hbond substituents is 1. The number of phenols is 1. The van der Waals surface area contributed by atoms with E-state index in [1.807, 2.05) is 0 Å². The van der Waals surface area contributed by atoms with E-state index in [1.54, 1.807) is 0 Å². The average Bonchev–Trinajstić information content (AvgIpc) is 2.50. The summed E-state index contributed by atoms with van der Waals surface area (Å²) in [4.78, 5) is 15.8. The molecule has 0 unspecified atom stereocenters. The van der Waals surface area contributed by atoms with Crippen LogP contribution in [0.3, 0.4) is 0 Å². The summed E-state index contributed by atoms with van der Waals surface area (Å²) in [7, 11) is 2.76. The number of guanidine groups is 1. The molecule has 0 bridgehead atoms. The Hall–Kier alpha value is -2.39. The SMILES string of the molecule is COc1cc(C(=O)OCCCCN=C(N)N)cc(OC)c1O.Cl.O.